The molecule has 0 rings (SSSR count). The molecule has 0 unspecified atom stereocenters. The summed E-state index contributed by atoms with van der Waals surface area (Å²) < 4.78 is 0. The summed E-state index contributed by atoms with van der Waals surface area (Å²) in [6.45, 7) is 3.78. The van der Waals surface area contributed by atoms with Crippen molar-refractivity contribution in [3.63, 3.8) is 0 Å². The number of hydrogen-bond donors (Lipinski definition) is 1. The first-order valence-corrected chi connectivity index (χ1v) is 3.18. The maximum atomic E-state index is 10.0. The van der Waals surface area contributed by atoms with Crippen molar-refractivity contribution in [2.24, 2.45) is 0 Å². The van der Waals surface area contributed by atoms with Crippen LogP contribution in [0, 0.1) is 0 Å². The van der Waals surface area contributed by atoms with Gasteiger partial charge in [-0.05, 0) is 13.8 Å². The van der Waals surface area contributed by atoms with E-state index in [1.807, 2.05) is 26.0 Å². The fourth-order valence-electron chi connectivity index (χ4n) is 0.579. The second-order valence-electron chi connectivity index (χ2n) is 2.05. The van der Waals surface area contributed by atoms with Crippen LogP contribution in [0.3, 0.4) is 0 Å². The summed E-state index contributed by atoms with van der Waals surface area (Å²) in [5.41, 5.74) is 0.991. The molecule has 0 aromatic carbocycles. The largest absolute Gasteiger partial charge is 0.481 e. The topological polar surface area (TPSA) is 37.3 Å². The molecule has 56 valence electrons. The van der Waals surface area contributed by atoms with Crippen molar-refractivity contribution in [3.8, 4) is 0 Å². The van der Waals surface area contributed by atoms with Gasteiger partial charge in [0.25, 0.3) is 0 Å². The molecule has 0 spiro atoms. The molecular weight excluding hydrogens is 128 g/mol. The van der Waals surface area contributed by atoms with E-state index in [0.29, 0.717) is 0 Å². The number of aliphatic carboxylic acids is 1. The molecule has 0 radical (unpaired) electrons. The van der Waals surface area contributed by atoms with Crippen molar-refractivity contribution in [2.75, 3.05) is 0 Å². The molecular formula is C8H12O2. The van der Waals surface area contributed by atoms with E-state index in [0.717, 1.165) is 5.57 Å². The van der Waals surface area contributed by atoms with Gasteiger partial charge in [-0.25, -0.2) is 0 Å². The maximum absolute atomic E-state index is 10.0. The smallest absolute Gasteiger partial charge is 0.307 e. The van der Waals surface area contributed by atoms with Gasteiger partial charge in [-0.1, -0.05) is 23.8 Å². The van der Waals surface area contributed by atoms with Gasteiger partial charge in [0.2, 0.25) is 0 Å². The van der Waals surface area contributed by atoms with Gasteiger partial charge in [-0.15, -0.1) is 0 Å². The molecule has 0 bridgehead atoms. The van der Waals surface area contributed by atoms with Crippen molar-refractivity contribution in [1.82, 2.24) is 0 Å². The van der Waals surface area contributed by atoms with Crippen LogP contribution >= 0.6 is 0 Å². The molecule has 0 saturated carbocycles. The van der Waals surface area contributed by atoms with Crippen LogP contribution in [0.15, 0.2) is 23.8 Å². The zero-order valence-corrected chi connectivity index (χ0v) is 6.29. The van der Waals surface area contributed by atoms with Crippen molar-refractivity contribution >= 4 is 5.97 Å². The van der Waals surface area contributed by atoms with Crippen LogP contribution in [0.1, 0.15) is 20.3 Å². The van der Waals surface area contributed by atoms with E-state index < -0.39 is 5.97 Å². The number of carboxylic acid groups (broad SMARTS) is 1. The molecule has 1 N–H and O–H groups in total. The normalized spacial score (nSPS) is 12.4. The lowest BCUT2D eigenvalue weighted by molar-refractivity contribution is -0.136. The standard InChI is InChI=1S/C8H12O2/c1-3-4-7(2)5-6-8(9)10/h3-5H,6H2,1-2H3,(H,9,10)/b4-3-,7-5-. The third kappa shape index (κ3) is 5.09. The fraction of sp³-hybridized carbons (Fsp3) is 0.375. The zero-order chi connectivity index (χ0) is 7.98. The average Bonchev–Trinajstić information content (AvgIpc) is 1.85. The number of carbonyl (C=O) groups is 1. The van der Waals surface area contributed by atoms with E-state index in [4.69, 9.17) is 5.11 Å². The van der Waals surface area contributed by atoms with Crippen molar-refractivity contribution < 1.29 is 9.90 Å². The molecule has 0 aliphatic rings. The minimum atomic E-state index is -0.788. The van der Waals surface area contributed by atoms with Gasteiger partial charge in [0.15, 0.2) is 0 Å². The number of rotatable bonds is 3. The molecule has 0 aliphatic heterocycles. The van der Waals surface area contributed by atoms with Gasteiger partial charge in [-0.3, -0.25) is 4.79 Å². The van der Waals surface area contributed by atoms with Crippen LogP contribution in [0.2, 0.25) is 0 Å². The molecule has 0 aromatic heterocycles. The summed E-state index contributed by atoms with van der Waals surface area (Å²) >= 11 is 0. The molecule has 0 amide bonds. The Morgan fingerprint density at radius 1 is 1.60 bits per heavy atom. The van der Waals surface area contributed by atoms with E-state index >= 15 is 0 Å². The Balaban J connectivity index is 3.80. The summed E-state index contributed by atoms with van der Waals surface area (Å²) in [7, 11) is 0. The molecule has 10 heavy (non-hydrogen) atoms. The summed E-state index contributed by atoms with van der Waals surface area (Å²) in [5, 5.41) is 8.26. The minimum absolute atomic E-state index is 0.107. The second kappa shape index (κ2) is 4.79. The van der Waals surface area contributed by atoms with E-state index in [-0.39, 0.29) is 6.42 Å². The van der Waals surface area contributed by atoms with Crippen LogP contribution < -0.4 is 0 Å². The lowest BCUT2D eigenvalue weighted by Gasteiger charge is -1.88. The van der Waals surface area contributed by atoms with Crippen LogP contribution in [0.5, 0.6) is 0 Å². The highest BCUT2D eigenvalue weighted by Gasteiger charge is 1.89. The van der Waals surface area contributed by atoms with E-state index in [1.165, 1.54) is 0 Å². The lowest BCUT2D eigenvalue weighted by atomic mass is 10.2. The van der Waals surface area contributed by atoms with Gasteiger partial charge in [0.1, 0.15) is 0 Å². The Labute approximate surface area is 60.9 Å². The van der Waals surface area contributed by atoms with Gasteiger partial charge in [0, 0.05) is 0 Å². The summed E-state index contributed by atoms with van der Waals surface area (Å²) in [6.07, 6.45) is 5.55. The van der Waals surface area contributed by atoms with Crippen LogP contribution in [-0.2, 0) is 4.79 Å². The van der Waals surface area contributed by atoms with Crippen molar-refractivity contribution in [3.05, 3.63) is 23.8 Å². The van der Waals surface area contributed by atoms with Crippen LogP contribution in [0.4, 0.5) is 0 Å². The number of hydrogen-bond acceptors (Lipinski definition) is 1. The zero-order valence-electron chi connectivity index (χ0n) is 6.29. The molecule has 0 aromatic rings. The summed E-state index contributed by atoms with van der Waals surface area (Å²) in [4.78, 5) is 10.0. The van der Waals surface area contributed by atoms with Gasteiger partial charge in [0.05, 0.1) is 6.42 Å². The first-order valence-electron chi connectivity index (χ1n) is 3.18. The highest BCUT2D eigenvalue weighted by Crippen LogP contribution is 1.96. The second-order valence-corrected chi connectivity index (χ2v) is 2.05. The van der Waals surface area contributed by atoms with Crippen LogP contribution in [0.25, 0.3) is 0 Å². The summed E-state index contributed by atoms with van der Waals surface area (Å²) in [6, 6.07) is 0. The average molecular weight is 140 g/mol. The molecule has 0 aliphatic carbocycles. The van der Waals surface area contributed by atoms with E-state index in [2.05, 4.69) is 0 Å². The highest BCUT2D eigenvalue weighted by atomic mass is 16.4. The maximum Gasteiger partial charge on any atom is 0.307 e. The lowest BCUT2D eigenvalue weighted by Crippen LogP contribution is -1.90. The van der Waals surface area contributed by atoms with Crippen molar-refractivity contribution in [2.45, 2.75) is 20.3 Å². The van der Waals surface area contributed by atoms with E-state index in [1.54, 1.807) is 6.08 Å². The van der Waals surface area contributed by atoms with Crippen LogP contribution in [-0.4, -0.2) is 11.1 Å². The summed E-state index contributed by atoms with van der Waals surface area (Å²) in [5.74, 6) is -0.788. The Kier molecular flexibility index (Phi) is 4.29. The monoisotopic (exact) mass is 140 g/mol. The molecule has 0 heterocycles. The van der Waals surface area contributed by atoms with Gasteiger partial charge in [-0.2, -0.15) is 0 Å². The first-order chi connectivity index (χ1) is 4.66. The van der Waals surface area contributed by atoms with Gasteiger partial charge < -0.3 is 5.11 Å². The van der Waals surface area contributed by atoms with E-state index in [9.17, 15) is 4.79 Å². The molecule has 0 fully saturated rings. The van der Waals surface area contributed by atoms with Gasteiger partial charge >= 0.3 is 5.97 Å². The molecule has 0 atom stereocenters. The highest BCUT2D eigenvalue weighted by molar-refractivity contribution is 5.68. The Bertz CT molecular complexity index is 166. The molecule has 2 heteroatoms. The SMILES string of the molecule is C/C=C\C(C)=C/CC(=O)O. The predicted molar refractivity (Wildman–Crippen MR) is 40.8 cm³/mol. The molecule has 2 nitrogen and oxygen atoms in total. The number of allylic oxidation sites excluding steroid dienone is 3. The third-order valence-electron chi connectivity index (χ3n) is 1.03. The molecule has 0 saturated heterocycles. The Hall–Kier alpha value is -1.05. The fourth-order valence-corrected chi connectivity index (χ4v) is 0.579. The minimum Gasteiger partial charge on any atom is -0.481 e. The third-order valence-corrected chi connectivity index (χ3v) is 1.03. The van der Waals surface area contributed by atoms with Crippen molar-refractivity contribution in [1.29, 1.82) is 0 Å². The quantitative estimate of drug-likeness (QED) is 0.608. The first kappa shape index (κ1) is 8.95. The number of carboxylic acids is 1. The Morgan fingerprint density at radius 3 is 2.60 bits per heavy atom. The Morgan fingerprint density at radius 2 is 2.20 bits per heavy atom. The predicted octanol–water partition coefficient (Wildman–Crippen LogP) is 1.98.